The number of anilines is 3. The third-order valence-electron chi connectivity index (χ3n) is 5.24. The van der Waals surface area contributed by atoms with Crippen LogP contribution in [0, 0.1) is 6.92 Å². The van der Waals surface area contributed by atoms with Crippen LogP contribution in [-0.2, 0) is 11.2 Å². The van der Waals surface area contributed by atoms with Crippen LogP contribution >= 0.6 is 0 Å². The van der Waals surface area contributed by atoms with Crippen LogP contribution in [0.25, 0.3) is 0 Å². The number of hydrogen-bond acceptors (Lipinski definition) is 5. The van der Waals surface area contributed by atoms with Crippen LogP contribution in [0.5, 0.6) is 0 Å². The number of hydrogen-bond donors (Lipinski definition) is 3. The lowest BCUT2D eigenvalue weighted by molar-refractivity contribution is -0.116. The van der Waals surface area contributed by atoms with Crippen LogP contribution in [0.4, 0.5) is 17.2 Å². The largest absolute Gasteiger partial charge is 0.352 e. The molecule has 0 saturated carbocycles. The Hall–Kier alpha value is -3.74. The van der Waals surface area contributed by atoms with E-state index in [-0.39, 0.29) is 11.8 Å². The molecular weight excluding hydrogens is 414 g/mol. The standard InChI is InChI=1S/C26H31N5O2/c1-3-20-13-14-22(30-24-16-19(2)28-18-29-24)17-23(20)31-25(32)12-8-5-9-15-27-26(33)21-10-6-4-7-11-21/h4,6-7,10-11,13-14,16-18H,3,5,8-9,12,15H2,1-2H3,(H,27,33)(H,31,32)(H,28,29,30). The van der Waals surface area contributed by atoms with Gasteiger partial charge in [-0.05, 0) is 56.0 Å². The van der Waals surface area contributed by atoms with E-state index in [1.165, 1.54) is 6.33 Å². The van der Waals surface area contributed by atoms with E-state index in [0.717, 1.165) is 48.3 Å². The van der Waals surface area contributed by atoms with Gasteiger partial charge >= 0.3 is 0 Å². The van der Waals surface area contributed by atoms with E-state index in [1.807, 2.05) is 49.4 Å². The molecule has 2 aromatic carbocycles. The minimum absolute atomic E-state index is 0.00643. The number of carbonyl (C=O) groups excluding carboxylic acids is 2. The number of benzene rings is 2. The second-order valence-corrected chi connectivity index (χ2v) is 7.88. The van der Waals surface area contributed by atoms with Gasteiger partial charge in [0.1, 0.15) is 12.1 Å². The molecule has 0 spiro atoms. The first-order valence-electron chi connectivity index (χ1n) is 11.4. The summed E-state index contributed by atoms with van der Waals surface area (Å²) in [6.45, 7) is 4.58. The van der Waals surface area contributed by atoms with Gasteiger partial charge in [0, 0.05) is 41.7 Å². The van der Waals surface area contributed by atoms with E-state index in [9.17, 15) is 9.59 Å². The number of aryl methyl sites for hydroxylation is 2. The zero-order valence-corrected chi connectivity index (χ0v) is 19.2. The van der Waals surface area contributed by atoms with Crippen molar-refractivity contribution in [1.29, 1.82) is 0 Å². The summed E-state index contributed by atoms with van der Waals surface area (Å²) in [6, 6.07) is 17.0. The number of nitrogens with one attached hydrogen (secondary N) is 3. The predicted molar refractivity (Wildman–Crippen MR) is 132 cm³/mol. The molecule has 2 amide bonds. The van der Waals surface area contributed by atoms with Crippen molar-refractivity contribution in [3.8, 4) is 0 Å². The summed E-state index contributed by atoms with van der Waals surface area (Å²) >= 11 is 0. The van der Waals surface area contributed by atoms with Crippen molar-refractivity contribution in [2.75, 3.05) is 17.2 Å². The Balaban J connectivity index is 1.43. The molecule has 0 bridgehead atoms. The lowest BCUT2D eigenvalue weighted by atomic mass is 10.1. The maximum Gasteiger partial charge on any atom is 0.251 e. The first-order chi connectivity index (χ1) is 16.0. The molecule has 0 aliphatic rings. The summed E-state index contributed by atoms with van der Waals surface area (Å²) in [6.07, 6.45) is 5.27. The first kappa shape index (κ1) is 23.9. The Morgan fingerprint density at radius 2 is 1.76 bits per heavy atom. The molecule has 0 fully saturated rings. The van der Waals surface area contributed by atoms with Gasteiger partial charge < -0.3 is 16.0 Å². The number of amides is 2. The molecule has 33 heavy (non-hydrogen) atoms. The summed E-state index contributed by atoms with van der Waals surface area (Å²) in [4.78, 5) is 32.9. The molecule has 3 N–H and O–H groups in total. The molecule has 172 valence electrons. The molecule has 1 aromatic heterocycles. The van der Waals surface area contributed by atoms with Crippen molar-refractivity contribution in [2.24, 2.45) is 0 Å². The molecular formula is C26H31N5O2. The van der Waals surface area contributed by atoms with Crippen molar-refractivity contribution < 1.29 is 9.59 Å². The summed E-state index contributed by atoms with van der Waals surface area (Å²) in [5.41, 5.74) is 4.29. The smallest absolute Gasteiger partial charge is 0.251 e. The number of unbranched alkanes of at least 4 members (excludes halogenated alkanes) is 2. The average molecular weight is 446 g/mol. The Morgan fingerprint density at radius 3 is 2.52 bits per heavy atom. The molecule has 3 aromatic rings. The van der Waals surface area contributed by atoms with Gasteiger partial charge in [-0.15, -0.1) is 0 Å². The number of carbonyl (C=O) groups is 2. The van der Waals surface area contributed by atoms with Gasteiger partial charge in [-0.1, -0.05) is 37.6 Å². The van der Waals surface area contributed by atoms with Gasteiger partial charge in [0.25, 0.3) is 5.91 Å². The SMILES string of the molecule is CCc1ccc(Nc2cc(C)ncn2)cc1NC(=O)CCCCCNC(=O)c1ccccc1. The fourth-order valence-corrected chi connectivity index (χ4v) is 3.44. The zero-order chi connectivity index (χ0) is 23.5. The second-order valence-electron chi connectivity index (χ2n) is 7.88. The Kier molecular flexibility index (Phi) is 8.94. The first-order valence-corrected chi connectivity index (χ1v) is 11.4. The second kappa shape index (κ2) is 12.3. The minimum Gasteiger partial charge on any atom is -0.352 e. The Bertz CT molecular complexity index is 1070. The zero-order valence-electron chi connectivity index (χ0n) is 19.2. The fourth-order valence-electron chi connectivity index (χ4n) is 3.44. The summed E-state index contributed by atoms with van der Waals surface area (Å²) in [5, 5.41) is 9.22. The van der Waals surface area contributed by atoms with E-state index >= 15 is 0 Å². The molecule has 0 atom stereocenters. The highest BCUT2D eigenvalue weighted by molar-refractivity contribution is 5.94. The molecule has 0 aliphatic heterocycles. The molecule has 0 unspecified atom stereocenters. The lowest BCUT2D eigenvalue weighted by Crippen LogP contribution is -2.24. The van der Waals surface area contributed by atoms with E-state index < -0.39 is 0 Å². The molecule has 3 rings (SSSR count). The average Bonchev–Trinajstić information content (AvgIpc) is 2.82. The highest BCUT2D eigenvalue weighted by Gasteiger charge is 2.09. The van der Waals surface area contributed by atoms with Crippen molar-refractivity contribution >= 4 is 29.0 Å². The van der Waals surface area contributed by atoms with Crippen molar-refractivity contribution in [3.05, 3.63) is 77.7 Å². The van der Waals surface area contributed by atoms with Crippen LogP contribution < -0.4 is 16.0 Å². The van der Waals surface area contributed by atoms with Gasteiger partial charge in [0.15, 0.2) is 0 Å². The van der Waals surface area contributed by atoms with Gasteiger partial charge in [-0.3, -0.25) is 9.59 Å². The van der Waals surface area contributed by atoms with E-state index in [0.29, 0.717) is 24.3 Å². The topological polar surface area (TPSA) is 96.0 Å². The third-order valence-corrected chi connectivity index (χ3v) is 5.24. The van der Waals surface area contributed by atoms with Crippen LogP contribution in [0.15, 0.2) is 60.9 Å². The summed E-state index contributed by atoms with van der Waals surface area (Å²) < 4.78 is 0. The maximum absolute atomic E-state index is 12.5. The summed E-state index contributed by atoms with van der Waals surface area (Å²) in [7, 11) is 0. The molecule has 7 heteroatoms. The molecule has 1 heterocycles. The molecule has 0 aliphatic carbocycles. The third kappa shape index (κ3) is 7.71. The minimum atomic E-state index is -0.0638. The van der Waals surface area contributed by atoms with Gasteiger partial charge in [0.2, 0.25) is 5.91 Å². The van der Waals surface area contributed by atoms with E-state index in [1.54, 1.807) is 12.1 Å². The van der Waals surface area contributed by atoms with Crippen molar-refractivity contribution in [3.63, 3.8) is 0 Å². The quantitative estimate of drug-likeness (QED) is 0.360. The van der Waals surface area contributed by atoms with Gasteiger partial charge in [-0.2, -0.15) is 0 Å². The predicted octanol–water partition coefficient (Wildman–Crippen LogP) is 5.02. The fraction of sp³-hybridized carbons (Fsp3) is 0.308. The highest BCUT2D eigenvalue weighted by atomic mass is 16.2. The number of nitrogens with zero attached hydrogens (tertiary/aromatic N) is 2. The molecule has 0 saturated heterocycles. The molecule has 7 nitrogen and oxygen atoms in total. The maximum atomic E-state index is 12.5. The van der Waals surface area contributed by atoms with Gasteiger partial charge in [0.05, 0.1) is 0 Å². The normalized spacial score (nSPS) is 10.5. The number of aromatic nitrogens is 2. The summed E-state index contributed by atoms with van der Waals surface area (Å²) in [5.74, 6) is 0.641. The van der Waals surface area contributed by atoms with Crippen LogP contribution in [0.2, 0.25) is 0 Å². The van der Waals surface area contributed by atoms with Crippen LogP contribution in [0.1, 0.15) is 54.2 Å². The van der Waals surface area contributed by atoms with Crippen LogP contribution in [0.3, 0.4) is 0 Å². The number of rotatable bonds is 11. The van der Waals surface area contributed by atoms with Crippen LogP contribution in [-0.4, -0.2) is 28.3 Å². The van der Waals surface area contributed by atoms with Gasteiger partial charge in [-0.25, -0.2) is 9.97 Å². The monoisotopic (exact) mass is 445 g/mol. The Morgan fingerprint density at radius 1 is 0.939 bits per heavy atom. The van der Waals surface area contributed by atoms with E-state index in [2.05, 4.69) is 32.8 Å². The van der Waals surface area contributed by atoms with Crippen molar-refractivity contribution in [2.45, 2.75) is 46.0 Å². The molecule has 0 radical (unpaired) electrons. The highest BCUT2D eigenvalue weighted by Crippen LogP contribution is 2.24. The Labute approximate surface area is 195 Å². The van der Waals surface area contributed by atoms with E-state index in [4.69, 9.17) is 0 Å². The lowest BCUT2D eigenvalue weighted by Gasteiger charge is -2.13. The van der Waals surface area contributed by atoms with Crippen molar-refractivity contribution in [1.82, 2.24) is 15.3 Å².